The largest absolute Gasteiger partial charge is 0.383 e. The van der Waals surface area contributed by atoms with Crippen molar-refractivity contribution in [3.8, 4) is 0 Å². The maximum atomic E-state index is 11.3. The monoisotopic (exact) mass is 282 g/mol. The van der Waals surface area contributed by atoms with Crippen LogP contribution in [0.5, 0.6) is 0 Å². The second-order valence-corrected chi connectivity index (χ2v) is 6.37. The minimum Gasteiger partial charge on any atom is -0.383 e. The van der Waals surface area contributed by atoms with Crippen LogP contribution in [0, 0.1) is 0 Å². The van der Waals surface area contributed by atoms with Gasteiger partial charge in [0.15, 0.2) is 0 Å². The van der Waals surface area contributed by atoms with E-state index in [-0.39, 0.29) is 0 Å². The Balaban J connectivity index is 1.82. The van der Waals surface area contributed by atoms with Crippen LogP contribution in [0.25, 0.3) is 0 Å². The predicted octanol–water partition coefficient (Wildman–Crippen LogP) is 0.991. The third-order valence-corrected chi connectivity index (χ3v) is 4.57. The van der Waals surface area contributed by atoms with E-state index < -0.39 is 10.8 Å². The molecule has 1 saturated heterocycles. The fraction of sp³-hybridized carbons (Fsp3) is 0.571. The van der Waals surface area contributed by atoms with Crippen molar-refractivity contribution in [3.63, 3.8) is 0 Å². The van der Waals surface area contributed by atoms with Crippen molar-refractivity contribution in [2.45, 2.75) is 6.54 Å². The number of hydrogen-bond donors (Lipinski definition) is 1. The predicted molar refractivity (Wildman–Crippen MR) is 80.1 cm³/mol. The molecule has 5 heteroatoms. The molecule has 0 aromatic heterocycles. The van der Waals surface area contributed by atoms with Gasteiger partial charge in [-0.15, -0.1) is 0 Å². The molecular formula is C14H22N2O2S. The van der Waals surface area contributed by atoms with Gasteiger partial charge >= 0.3 is 0 Å². The van der Waals surface area contributed by atoms with E-state index in [0.29, 0.717) is 0 Å². The molecule has 1 N–H and O–H groups in total. The third kappa shape index (κ3) is 4.60. The standard InChI is InChI=1S/C14H22N2O2S/c1-18-9-6-15-12-13-2-4-14(5-3-13)16-7-10-19(17)11-8-16/h2-5,15H,6-12H2,1H3. The molecule has 2 rings (SSSR count). The van der Waals surface area contributed by atoms with Gasteiger partial charge < -0.3 is 15.0 Å². The first-order chi connectivity index (χ1) is 9.29. The first-order valence-electron chi connectivity index (χ1n) is 6.68. The summed E-state index contributed by atoms with van der Waals surface area (Å²) in [6.07, 6.45) is 0. The van der Waals surface area contributed by atoms with Gasteiger partial charge in [0, 0.05) is 61.3 Å². The highest BCUT2D eigenvalue weighted by molar-refractivity contribution is 7.85. The molecule has 0 radical (unpaired) electrons. The van der Waals surface area contributed by atoms with Crippen molar-refractivity contribution in [1.82, 2.24) is 5.32 Å². The number of nitrogens with zero attached hydrogens (tertiary/aromatic N) is 1. The molecule has 1 aliphatic rings. The highest BCUT2D eigenvalue weighted by Gasteiger charge is 2.15. The van der Waals surface area contributed by atoms with Crippen LogP contribution in [0.3, 0.4) is 0 Å². The molecule has 106 valence electrons. The van der Waals surface area contributed by atoms with E-state index in [0.717, 1.165) is 44.3 Å². The first-order valence-corrected chi connectivity index (χ1v) is 8.17. The second-order valence-electron chi connectivity index (χ2n) is 4.67. The van der Waals surface area contributed by atoms with Gasteiger partial charge in [0.1, 0.15) is 0 Å². The summed E-state index contributed by atoms with van der Waals surface area (Å²) in [4.78, 5) is 2.31. The van der Waals surface area contributed by atoms with Crippen molar-refractivity contribution in [2.75, 3.05) is 49.8 Å². The summed E-state index contributed by atoms with van der Waals surface area (Å²) in [5.74, 6) is 1.58. The van der Waals surface area contributed by atoms with E-state index in [2.05, 4.69) is 34.5 Å². The third-order valence-electron chi connectivity index (χ3n) is 3.29. The summed E-state index contributed by atoms with van der Waals surface area (Å²) in [6.45, 7) is 4.28. The van der Waals surface area contributed by atoms with Crippen LogP contribution < -0.4 is 10.2 Å². The number of ether oxygens (including phenoxy) is 1. The number of hydrogen-bond acceptors (Lipinski definition) is 4. The first kappa shape index (κ1) is 14.5. The Labute approximate surface area is 117 Å². The molecule has 0 spiro atoms. The van der Waals surface area contributed by atoms with Crippen molar-refractivity contribution in [2.24, 2.45) is 0 Å². The lowest BCUT2D eigenvalue weighted by molar-refractivity contribution is 0.199. The van der Waals surface area contributed by atoms with Gasteiger partial charge in [-0.2, -0.15) is 0 Å². The van der Waals surface area contributed by atoms with Crippen molar-refractivity contribution in [1.29, 1.82) is 0 Å². The van der Waals surface area contributed by atoms with E-state index in [1.807, 2.05) is 0 Å². The van der Waals surface area contributed by atoms with Crippen molar-refractivity contribution >= 4 is 16.5 Å². The molecule has 0 amide bonds. The average molecular weight is 282 g/mol. The zero-order valence-electron chi connectivity index (χ0n) is 11.4. The maximum Gasteiger partial charge on any atom is 0.0587 e. The lowest BCUT2D eigenvalue weighted by Gasteiger charge is -2.28. The van der Waals surface area contributed by atoms with Crippen molar-refractivity contribution in [3.05, 3.63) is 29.8 Å². The van der Waals surface area contributed by atoms with E-state index >= 15 is 0 Å². The van der Waals surface area contributed by atoms with Gasteiger partial charge in [-0.1, -0.05) is 12.1 Å². The van der Waals surface area contributed by atoms with Crippen LogP contribution in [0.2, 0.25) is 0 Å². The van der Waals surface area contributed by atoms with Crippen molar-refractivity contribution < 1.29 is 8.95 Å². The highest BCUT2D eigenvalue weighted by atomic mass is 32.2. The van der Waals surface area contributed by atoms with E-state index in [1.165, 1.54) is 11.3 Å². The molecule has 0 atom stereocenters. The smallest absolute Gasteiger partial charge is 0.0587 e. The minimum atomic E-state index is -0.609. The molecule has 0 saturated carbocycles. The molecule has 0 unspecified atom stereocenters. The number of rotatable bonds is 6. The molecule has 1 aliphatic heterocycles. The molecular weight excluding hydrogens is 260 g/mol. The molecule has 1 aromatic carbocycles. The molecule has 1 heterocycles. The lowest BCUT2D eigenvalue weighted by atomic mass is 10.2. The summed E-state index contributed by atoms with van der Waals surface area (Å²) in [6, 6.07) is 8.62. The van der Waals surface area contributed by atoms with Crippen LogP contribution in [-0.4, -0.2) is 49.1 Å². The number of benzene rings is 1. The molecule has 4 nitrogen and oxygen atoms in total. The Hall–Kier alpha value is -0.910. The fourth-order valence-electron chi connectivity index (χ4n) is 2.13. The Bertz CT molecular complexity index is 398. The molecule has 0 aliphatic carbocycles. The van der Waals surface area contributed by atoms with Gasteiger partial charge in [-0.05, 0) is 17.7 Å². The summed E-state index contributed by atoms with van der Waals surface area (Å²) < 4.78 is 16.3. The Kier molecular flexibility index (Phi) is 5.82. The average Bonchev–Trinajstić information content (AvgIpc) is 2.45. The van der Waals surface area contributed by atoms with Gasteiger partial charge in [-0.3, -0.25) is 4.21 Å². The van der Waals surface area contributed by atoms with Crippen LogP contribution >= 0.6 is 0 Å². The SMILES string of the molecule is COCCNCc1ccc(N2CCS(=O)CC2)cc1. The van der Waals surface area contributed by atoms with Gasteiger partial charge in [0.25, 0.3) is 0 Å². The summed E-state index contributed by atoms with van der Waals surface area (Å²) in [5.41, 5.74) is 2.51. The van der Waals surface area contributed by atoms with E-state index in [4.69, 9.17) is 4.74 Å². The quantitative estimate of drug-likeness (QED) is 0.790. The topological polar surface area (TPSA) is 41.6 Å². The van der Waals surface area contributed by atoms with Crippen LogP contribution in [-0.2, 0) is 22.1 Å². The molecule has 0 bridgehead atoms. The summed E-state index contributed by atoms with van der Waals surface area (Å²) >= 11 is 0. The second kappa shape index (κ2) is 7.62. The van der Waals surface area contributed by atoms with Crippen LogP contribution in [0.15, 0.2) is 24.3 Å². The molecule has 1 fully saturated rings. The summed E-state index contributed by atoms with van der Waals surface area (Å²) in [7, 11) is 1.10. The maximum absolute atomic E-state index is 11.3. The van der Waals surface area contributed by atoms with Crippen LogP contribution in [0.4, 0.5) is 5.69 Å². The number of nitrogens with one attached hydrogen (secondary N) is 1. The van der Waals surface area contributed by atoms with Crippen LogP contribution in [0.1, 0.15) is 5.56 Å². The number of anilines is 1. The Morgan fingerprint density at radius 2 is 1.95 bits per heavy atom. The Morgan fingerprint density at radius 3 is 2.58 bits per heavy atom. The molecule has 19 heavy (non-hydrogen) atoms. The fourth-order valence-corrected chi connectivity index (χ4v) is 3.18. The zero-order chi connectivity index (χ0) is 13.5. The Morgan fingerprint density at radius 1 is 1.26 bits per heavy atom. The van der Waals surface area contributed by atoms with Gasteiger partial charge in [0.2, 0.25) is 0 Å². The zero-order valence-corrected chi connectivity index (χ0v) is 12.2. The van der Waals surface area contributed by atoms with Gasteiger partial charge in [0.05, 0.1) is 6.61 Å². The minimum absolute atomic E-state index is 0.609. The van der Waals surface area contributed by atoms with E-state index in [1.54, 1.807) is 7.11 Å². The lowest BCUT2D eigenvalue weighted by Crippen LogP contribution is -2.37. The van der Waals surface area contributed by atoms with Gasteiger partial charge in [-0.25, -0.2) is 0 Å². The summed E-state index contributed by atoms with van der Waals surface area (Å²) in [5, 5.41) is 3.33. The highest BCUT2D eigenvalue weighted by Crippen LogP contribution is 2.17. The number of methoxy groups -OCH3 is 1. The normalized spacial score (nSPS) is 16.8. The van der Waals surface area contributed by atoms with E-state index in [9.17, 15) is 4.21 Å². The molecule has 1 aromatic rings.